The molecule has 1 atom stereocenters. The van der Waals surface area contributed by atoms with E-state index in [0.717, 1.165) is 6.42 Å². The number of hydrogen-bond acceptors (Lipinski definition) is 2. The number of hydrogen-bond donors (Lipinski definition) is 0. The van der Waals surface area contributed by atoms with Crippen LogP contribution in [-0.2, 0) is 0 Å². The van der Waals surface area contributed by atoms with Crippen LogP contribution in [0.5, 0.6) is 0 Å². The lowest BCUT2D eigenvalue weighted by Crippen LogP contribution is -2.62. The van der Waals surface area contributed by atoms with Crippen LogP contribution in [0.1, 0.15) is 6.42 Å². The summed E-state index contributed by atoms with van der Waals surface area (Å²) >= 11 is 0. The Morgan fingerprint density at radius 3 is 2.30 bits per heavy atom. The largest absolute Gasteiger partial charge is 0.335 e. The predicted octanol–water partition coefficient (Wildman–Crippen LogP) is 6.48. The molecule has 1 unspecified atom stereocenters. The van der Waals surface area contributed by atoms with Crippen LogP contribution in [-0.4, -0.2) is 12.8 Å². The quantitative estimate of drug-likeness (QED) is 0.267. The number of fused-ring (bicyclic) bond motifs is 6. The van der Waals surface area contributed by atoms with Gasteiger partial charge in [-0.15, -0.1) is 0 Å². The van der Waals surface area contributed by atoms with Crippen molar-refractivity contribution in [2.24, 2.45) is 0 Å². The van der Waals surface area contributed by atoms with E-state index in [1.807, 2.05) is 0 Å². The van der Waals surface area contributed by atoms with Crippen LogP contribution in [0, 0.1) is 0 Å². The molecule has 0 saturated heterocycles. The summed E-state index contributed by atoms with van der Waals surface area (Å²) in [5.41, 5.74) is 10.5. The zero-order valence-electron chi connectivity index (χ0n) is 20.5. The van der Waals surface area contributed by atoms with Crippen molar-refractivity contribution in [2.45, 2.75) is 12.5 Å². The smallest absolute Gasteiger partial charge is 0.252 e. The van der Waals surface area contributed by atoms with Crippen molar-refractivity contribution in [1.29, 1.82) is 0 Å². The summed E-state index contributed by atoms with van der Waals surface area (Å²) in [5, 5.41) is 2.56. The first-order valence-corrected chi connectivity index (χ1v) is 13.1. The van der Waals surface area contributed by atoms with E-state index in [4.69, 9.17) is 0 Å². The highest BCUT2D eigenvalue weighted by Crippen LogP contribution is 2.44. The third-order valence-corrected chi connectivity index (χ3v) is 8.13. The Kier molecular flexibility index (Phi) is 4.47. The van der Waals surface area contributed by atoms with Crippen LogP contribution < -0.4 is 26.2 Å². The van der Waals surface area contributed by atoms with Crippen molar-refractivity contribution in [3.05, 3.63) is 133 Å². The van der Waals surface area contributed by atoms with Crippen molar-refractivity contribution in [2.75, 3.05) is 9.80 Å². The molecule has 0 aromatic heterocycles. The van der Waals surface area contributed by atoms with E-state index < -0.39 is 0 Å². The normalized spacial score (nSPS) is 17.0. The third-order valence-electron chi connectivity index (χ3n) is 8.13. The number of allylic oxidation sites excluding steroid dienone is 2. The lowest BCUT2D eigenvalue weighted by atomic mass is 9.33. The molecular weight excluding hydrogens is 447 g/mol. The van der Waals surface area contributed by atoms with Gasteiger partial charge < -0.3 is 9.80 Å². The lowest BCUT2D eigenvalue weighted by Gasteiger charge is -2.46. The van der Waals surface area contributed by atoms with Gasteiger partial charge in [-0.3, -0.25) is 0 Å². The Labute approximate surface area is 217 Å². The summed E-state index contributed by atoms with van der Waals surface area (Å²) in [6.45, 7) is 0.182. The fraction of sp³-hybridized carbons (Fsp3) is 0.0588. The molecule has 2 nitrogen and oxygen atoms in total. The van der Waals surface area contributed by atoms with Crippen LogP contribution >= 0.6 is 0 Å². The molecule has 0 N–H and O–H groups in total. The van der Waals surface area contributed by atoms with E-state index in [1.54, 1.807) is 0 Å². The van der Waals surface area contributed by atoms with E-state index in [-0.39, 0.29) is 6.71 Å². The first kappa shape index (κ1) is 20.7. The van der Waals surface area contributed by atoms with Gasteiger partial charge in [0.15, 0.2) is 0 Å². The van der Waals surface area contributed by atoms with Crippen LogP contribution in [0.2, 0.25) is 0 Å². The fourth-order valence-corrected chi connectivity index (χ4v) is 6.64. The van der Waals surface area contributed by atoms with Crippen LogP contribution in [0.3, 0.4) is 0 Å². The van der Waals surface area contributed by atoms with Gasteiger partial charge in [0.05, 0.1) is 6.04 Å². The lowest BCUT2D eigenvalue weighted by molar-refractivity contribution is 0.787. The number of anilines is 5. The summed E-state index contributed by atoms with van der Waals surface area (Å²) in [6.07, 6.45) is 9.98. The first-order chi connectivity index (χ1) is 18.4. The van der Waals surface area contributed by atoms with E-state index in [1.165, 1.54) is 55.6 Å². The number of para-hydroxylation sites is 2. The van der Waals surface area contributed by atoms with Gasteiger partial charge in [-0.25, -0.2) is 0 Å². The van der Waals surface area contributed by atoms with Crippen molar-refractivity contribution < 1.29 is 0 Å². The highest BCUT2D eigenvalue weighted by Gasteiger charge is 2.43. The second kappa shape index (κ2) is 8.01. The number of nitrogens with zero attached hydrogens (tertiary/aromatic N) is 2. The maximum absolute atomic E-state index is 2.57. The molecule has 0 radical (unpaired) electrons. The minimum atomic E-state index is 0.182. The standard InChI is InChI=1S/C34H25BN2/c1-3-13-25(14-4-1)36-30-19-10-9-18-28(30)35-29-23-22-24-12-7-8-17-27(24)34(29)37(26-15-5-2-6-16-26)32-21-11-20-31(36)33(32)35/h1-13,15-23,25H,14H2. The van der Waals surface area contributed by atoms with Gasteiger partial charge in [0.25, 0.3) is 6.71 Å². The molecule has 0 bridgehead atoms. The minimum Gasteiger partial charge on any atom is -0.335 e. The molecule has 5 aromatic carbocycles. The molecule has 3 heteroatoms. The van der Waals surface area contributed by atoms with Crippen LogP contribution in [0.4, 0.5) is 28.4 Å². The van der Waals surface area contributed by atoms with Gasteiger partial charge in [-0.05, 0) is 58.5 Å². The van der Waals surface area contributed by atoms with Crippen molar-refractivity contribution in [3.8, 4) is 0 Å². The SMILES string of the molecule is C1=CCC(N2c3ccccc3B3c4ccc5ccccc5c4N(c4ccccc4)c4cccc2c43)C=C1. The average Bonchev–Trinajstić information content (AvgIpc) is 2.98. The second-order valence-corrected chi connectivity index (χ2v) is 10.1. The Balaban J connectivity index is 1.49. The minimum absolute atomic E-state index is 0.182. The maximum atomic E-state index is 2.57. The van der Waals surface area contributed by atoms with Crippen molar-refractivity contribution in [3.63, 3.8) is 0 Å². The summed E-state index contributed by atoms with van der Waals surface area (Å²) in [6, 6.07) is 40.5. The predicted molar refractivity (Wildman–Crippen MR) is 159 cm³/mol. The van der Waals surface area contributed by atoms with Crippen LogP contribution in [0.25, 0.3) is 10.8 Å². The molecule has 2 heterocycles. The monoisotopic (exact) mass is 472 g/mol. The van der Waals surface area contributed by atoms with Gasteiger partial charge in [0.1, 0.15) is 0 Å². The molecule has 0 spiro atoms. The molecule has 5 aromatic rings. The fourth-order valence-electron chi connectivity index (χ4n) is 6.64. The van der Waals surface area contributed by atoms with Gasteiger partial charge in [-0.1, -0.05) is 103 Å². The Hall–Kier alpha value is -4.50. The van der Waals surface area contributed by atoms with Crippen molar-refractivity contribution >= 4 is 62.3 Å². The molecule has 3 aliphatic rings. The van der Waals surface area contributed by atoms with E-state index >= 15 is 0 Å². The Morgan fingerprint density at radius 1 is 0.622 bits per heavy atom. The molecule has 0 saturated carbocycles. The molecule has 0 fully saturated rings. The van der Waals surface area contributed by atoms with Gasteiger partial charge in [-0.2, -0.15) is 0 Å². The average molecular weight is 472 g/mol. The van der Waals surface area contributed by atoms with Crippen LogP contribution in [0.15, 0.2) is 133 Å². The molecule has 0 amide bonds. The molecule has 8 rings (SSSR count). The number of benzene rings is 5. The third kappa shape index (κ3) is 2.94. The molecule has 1 aliphatic carbocycles. The second-order valence-electron chi connectivity index (χ2n) is 10.1. The summed E-state index contributed by atoms with van der Waals surface area (Å²) in [5.74, 6) is 0. The summed E-state index contributed by atoms with van der Waals surface area (Å²) in [4.78, 5) is 5.07. The Bertz CT molecular complexity index is 1740. The molecule has 174 valence electrons. The highest BCUT2D eigenvalue weighted by molar-refractivity contribution is 7.00. The van der Waals surface area contributed by atoms with E-state index in [9.17, 15) is 0 Å². The topological polar surface area (TPSA) is 6.48 Å². The van der Waals surface area contributed by atoms with Gasteiger partial charge in [0.2, 0.25) is 0 Å². The van der Waals surface area contributed by atoms with E-state index in [2.05, 4.69) is 143 Å². The number of rotatable bonds is 2. The molecule has 2 aliphatic heterocycles. The zero-order valence-corrected chi connectivity index (χ0v) is 20.5. The van der Waals surface area contributed by atoms with Gasteiger partial charge in [0, 0.05) is 33.8 Å². The highest BCUT2D eigenvalue weighted by atomic mass is 15.2. The summed E-state index contributed by atoms with van der Waals surface area (Å²) < 4.78 is 0. The Morgan fingerprint density at radius 2 is 1.41 bits per heavy atom. The zero-order chi connectivity index (χ0) is 24.3. The van der Waals surface area contributed by atoms with Crippen molar-refractivity contribution in [1.82, 2.24) is 0 Å². The van der Waals surface area contributed by atoms with Gasteiger partial charge >= 0.3 is 0 Å². The summed E-state index contributed by atoms with van der Waals surface area (Å²) in [7, 11) is 0. The first-order valence-electron chi connectivity index (χ1n) is 13.1. The molecular formula is C34H25BN2. The maximum Gasteiger partial charge on any atom is 0.252 e. The van der Waals surface area contributed by atoms with E-state index in [0.29, 0.717) is 6.04 Å². The molecule has 37 heavy (non-hydrogen) atoms.